The average molecular weight is 356 g/mol. The van der Waals surface area contributed by atoms with Gasteiger partial charge in [-0.2, -0.15) is 0 Å². The van der Waals surface area contributed by atoms with Crippen molar-refractivity contribution in [1.82, 2.24) is 14.8 Å². The van der Waals surface area contributed by atoms with Crippen LogP contribution in [0.4, 0.5) is 0 Å². The van der Waals surface area contributed by atoms with Crippen LogP contribution < -0.4 is 10.4 Å². The monoisotopic (exact) mass is 355 g/mol. The van der Waals surface area contributed by atoms with E-state index in [4.69, 9.17) is 21.1 Å². The number of hydrogen-bond acceptors (Lipinski definition) is 5. The predicted octanol–water partition coefficient (Wildman–Crippen LogP) is 2.70. The molecule has 1 aliphatic rings. The van der Waals surface area contributed by atoms with E-state index >= 15 is 0 Å². The number of H-pyrrole nitrogens is 1. The van der Waals surface area contributed by atoms with Gasteiger partial charge in [0.05, 0.1) is 19.8 Å². The summed E-state index contributed by atoms with van der Waals surface area (Å²) in [5, 5.41) is 7.92. The number of hydrogen-bond donors (Lipinski definition) is 1. The molecule has 3 rings (SSSR count). The van der Waals surface area contributed by atoms with Crippen LogP contribution in [-0.2, 0) is 17.0 Å². The summed E-state index contributed by atoms with van der Waals surface area (Å²) in [6.07, 6.45) is 2.11. The molecule has 1 N–H and O–H groups in total. The third-order valence-corrected chi connectivity index (χ3v) is 4.99. The van der Waals surface area contributed by atoms with Crippen molar-refractivity contribution in [2.75, 3.05) is 13.7 Å². The number of methoxy groups -OCH3 is 1. The molecule has 0 spiro atoms. The van der Waals surface area contributed by atoms with Gasteiger partial charge < -0.3 is 9.47 Å². The van der Waals surface area contributed by atoms with E-state index < -0.39 is 0 Å². The molecule has 124 valence electrons. The van der Waals surface area contributed by atoms with Gasteiger partial charge in [0.15, 0.2) is 5.16 Å². The van der Waals surface area contributed by atoms with Crippen LogP contribution in [0.25, 0.3) is 0 Å². The molecule has 0 aliphatic carbocycles. The van der Waals surface area contributed by atoms with E-state index in [0.29, 0.717) is 22.5 Å². The van der Waals surface area contributed by atoms with Gasteiger partial charge in [-0.05, 0) is 31.0 Å². The van der Waals surface area contributed by atoms with E-state index in [-0.39, 0.29) is 11.8 Å². The summed E-state index contributed by atoms with van der Waals surface area (Å²) >= 11 is 7.51. The first-order valence-electron chi connectivity index (χ1n) is 7.39. The molecule has 0 bridgehead atoms. The molecule has 8 heteroatoms. The third-order valence-electron chi connectivity index (χ3n) is 3.73. The second-order valence-corrected chi connectivity index (χ2v) is 6.68. The summed E-state index contributed by atoms with van der Waals surface area (Å²) in [6.45, 7) is 1.30. The van der Waals surface area contributed by atoms with Crippen LogP contribution in [0.3, 0.4) is 0 Å². The van der Waals surface area contributed by atoms with Crippen LogP contribution >= 0.6 is 23.4 Å². The third kappa shape index (κ3) is 3.91. The smallest absolute Gasteiger partial charge is 0.344 e. The Morgan fingerprint density at radius 1 is 1.57 bits per heavy atom. The zero-order valence-electron chi connectivity index (χ0n) is 12.8. The molecule has 2 aromatic rings. The number of ether oxygens (including phenoxy) is 2. The molecule has 1 aromatic heterocycles. The summed E-state index contributed by atoms with van der Waals surface area (Å²) in [4.78, 5) is 11.9. The number of nitrogens with zero attached hydrogens (tertiary/aromatic N) is 2. The fourth-order valence-electron chi connectivity index (χ4n) is 2.57. The summed E-state index contributed by atoms with van der Waals surface area (Å²) in [7, 11) is 1.62. The molecular weight excluding hydrogens is 338 g/mol. The zero-order chi connectivity index (χ0) is 16.2. The molecule has 0 amide bonds. The van der Waals surface area contributed by atoms with Crippen molar-refractivity contribution < 1.29 is 9.47 Å². The molecule has 1 unspecified atom stereocenters. The van der Waals surface area contributed by atoms with Gasteiger partial charge in [0.1, 0.15) is 5.75 Å². The standard InChI is InChI=1S/C15H18ClN3O3S/c1-21-13-5-4-11(16)7-10(13)9-23-15-18-17-14(20)19(15)8-12-3-2-6-22-12/h4-5,7,12H,2-3,6,8-9H2,1H3,(H,17,20). The van der Waals surface area contributed by atoms with Gasteiger partial charge in [-0.3, -0.25) is 4.57 Å². The van der Waals surface area contributed by atoms with E-state index in [1.807, 2.05) is 12.1 Å². The highest BCUT2D eigenvalue weighted by molar-refractivity contribution is 7.98. The lowest BCUT2D eigenvalue weighted by atomic mass is 10.2. The van der Waals surface area contributed by atoms with Gasteiger partial charge in [0, 0.05) is 22.9 Å². The molecule has 6 nitrogen and oxygen atoms in total. The molecule has 1 atom stereocenters. The van der Waals surface area contributed by atoms with Crippen LogP contribution in [-0.4, -0.2) is 34.6 Å². The fourth-order valence-corrected chi connectivity index (χ4v) is 3.70. The van der Waals surface area contributed by atoms with Crippen LogP contribution in [0.1, 0.15) is 18.4 Å². The maximum Gasteiger partial charge on any atom is 0.344 e. The Labute approximate surface area is 143 Å². The Morgan fingerprint density at radius 3 is 3.17 bits per heavy atom. The first-order valence-corrected chi connectivity index (χ1v) is 8.75. The Balaban J connectivity index is 1.73. The number of rotatable bonds is 6. The molecule has 0 radical (unpaired) electrons. The number of halogens is 1. The number of thioether (sulfide) groups is 1. The topological polar surface area (TPSA) is 69.1 Å². The Kier molecular flexibility index (Phi) is 5.30. The van der Waals surface area contributed by atoms with Crippen LogP contribution in [0, 0.1) is 0 Å². The van der Waals surface area contributed by atoms with Crippen LogP contribution in [0.15, 0.2) is 28.2 Å². The predicted molar refractivity (Wildman–Crippen MR) is 89.4 cm³/mol. The maximum absolute atomic E-state index is 11.9. The SMILES string of the molecule is COc1ccc(Cl)cc1CSc1n[nH]c(=O)n1CC1CCCO1. The van der Waals surface area contributed by atoms with E-state index in [1.165, 1.54) is 11.8 Å². The normalized spacial score (nSPS) is 17.6. The zero-order valence-corrected chi connectivity index (χ0v) is 14.3. The highest BCUT2D eigenvalue weighted by atomic mass is 35.5. The lowest BCUT2D eigenvalue weighted by Gasteiger charge is -2.12. The number of aromatic nitrogens is 3. The van der Waals surface area contributed by atoms with Crippen LogP contribution in [0.5, 0.6) is 5.75 Å². The van der Waals surface area contributed by atoms with Crippen molar-refractivity contribution in [3.05, 3.63) is 39.3 Å². The van der Waals surface area contributed by atoms with Gasteiger partial charge >= 0.3 is 5.69 Å². The fraction of sp³-hybridized carbons (Fsp3) is 0.467. The molecule has 1 aromatic carbocycles. The minimum absolute atomic E-state index is 0.0883. The molecule has 1 fully saturated rings. The van der Waals surface area contributed by atoms with Crippen molar-refractivity contribution in [3.8, 4) is 5.75 Å². The maximum atomic E-state index is 11.9. The Bertz CT molecular complexity index is 725. The highest BCUT2D eigenvalue weighted by Crippen LogP contribution is 2.29. The summed E-state index contributed by atoms with van der Waals surface area (Å²) in [5.74, 6) is 1.38. The molecule has 0 saturated carbocycles. The molecule has 2 heterocycles. The van der Waals surface area contributed by atoms with E-state index in [2.05, 4.69) is 10.2 Å². The number of aromatic amines is 1. The number of nitrogens with one attached hydrogen (secondary N) is 1. The Morgan fingerprint density at radius 2 is 2.43 bits per heavy atom. The largest absolute Gasteiger partial charge is 0.496 e. The van der Waals surface area contributed by atoms with Gasteiger partial charge in [0.25, 0.3) is 0 Å². The highest BCUT2D eigenvalue weighted by Gasteiger charge is 2.20. The van der Waals surface area contributed by atoms with Crippen molar-refractivity contribution >= 4 is 23.4 Å². The van der Waals surface area contributed by atoms with Crippen molar-refractivity contribution in [2.45, 2.75) is 36.4 Å². The van der Waals surface area contributed by atoms with Gasteiger partial charge in [-0.15, -0.1) is 5.10 Å². The van der Waals surface area contributed by atoms with Gasteiger partial charge in [-0.25, -0.2) is 9.89 Å². The lowest BCUT2D eigenvalue weighted by molar-refractivity contribution is 0.0941. The minimum atomic E-state index is -0.207. The lowest BCUT2D eigenvalue weighted by Crippen LogP contribution is -2.24. The summed E-state index contributed by atoms with van der Waals surface area (Å²) in [5.41, 5.74) is 0.755. The molecule has 1 aliphatic heterocycles. The first-order chi connectivity index (χ1) is 11.2. The molecular formula is C15H18ClN3O3S. The quantitative estimate of drug-likeness (QED) is 0.807. The van der Waals surface area contributed by atoms with Gasteiger partial charge in [0.2, 0.25) is 0 Å². The van der Waals surface area contributed by atoms with Crippen LogP contribution in [0.2, 0.25) is 5.02 Å². The molecule has 1 saturated heterocycles. The Hall–Kier alpha value is -1.44. The van der Waals surface area contributed by atoms with Crippen molar-refractivity contribution in [2.24, 2.45) is 0 Å². The minimum Gasteiger partial charge on any atom is -0.496 e. The van der Waals surface area contributed by atoms with E-state index in [0.717, 1.165) is 30.8 Å². The number of benzene rings is 1. The summed E-state index contributed by atoms with van der Waals surface area (Å²) in [6, 6.07) is 5.49. The average Bonchev–Trinajstić information content (AvgIpc) is 3.17. The second-order valence-electron chi connectivity index (χ2n) is 5.30. The van der Waals surface area contributed by atoms with Crippen molar-refractivity contribution in [3.63, 3.8) is 0 Å². The van der Waals surface area contributed by atoms with Crippen molar-refractivity contribution in [1.29, 1.82) is 0 Å². The van der Waals surface area contributed by atoms with E-state index in [9.17, 15) is 4.79 Å². The van der Waals surface area contributed by atoms with Gasteiger partial charge in [-0.1, -0.05) is 23.4 Å². The summed E-state index contributed by atoms with van der Waals surface area (Å²) < 4.78 is 12.6. The first kappa shape index (κ1) is 16.4. The van der Waals surface area contributed by atoms with E-state index in [1.54, 1.807) is 17.7 Å². The molecule has 23 heavy (non-hydrogen) atoms. The second kappa shape index (κ2) is 7.42.